The van der Waals surface area contributed by atoms with E-state index >= 15 is 0 Å². The maximum absolute atomic E-state index is 4.86. The third-order valence-corrected chi connectivity index (χ3v) is 6.00. The largest absolute Gasteiger partial charge is 0.367 e. The van der Waals surface area contributed by atoms with Gasteiger partial charge in [0.2, 0.25) is 0 Å². The molecule has 2 aliphatic heterocycles. The van der Waals surface area contributed by atoms with Gasteiger partial charge in [-0.15, -0.1) is 0 Å². The Morgan fingerprint density at radius 3 is 2.64 bits per heavy atom. The van der Waals surface area contributed by atoms with Gasteiger partial charge in [0.05, 0.1) is 5.52 Å². The number of pyridine rings is 2. The zero-order chi connectivity index (χ0) is 18.4. The monoisotopic (exact) mass is 379 g/mol. The van der Waals surface area contributed by atoms with Crippen molar-refractivity contribution in [2.75, 3.05) is 17.7 Å². The fourth-order valence-electron chi connectivity index (χ4n) is 4.59. The van der Waals surface area contributed by atoms with Crippen LogP contribution in [0.1, 0.15) is 38.8 Å². The quantitative estimate of drug-likeness (QED) is 0.634. The van der Waals surface area contributed by atoms with Crippen molar-refractivity contribution in [2.45, 2.75) is 58.2 Å². The molecule has 3 aromatic heterocycles. The van der Waals surface area contributed by atoms with Gasteiger partial charge in [0.15, 0.2) is 5.82 Å². The molecule has 0 spiro atoms. The highest BCUT2D eigenvalue weighted by Gasteiger charge is 2.38. The second kappa shape index (κ2) is 7.39. The first-order chi connectivity index (χ1) is 13.2. The van der Waals surface area contributed by atoms with Gasteiger partial charge in [0.25, 0.3) is 0 Å². The second-order valence-electron chi connectivity index (χ2n) is 7.85. The molecule has 2 saturated heterocycles. The Hall–Kier alpha value is -2.67. The SMILES string of the molecule is C.Cc1cc(Nc2cc3ncccc3c(NC3C[C@H]4CC[C@@H](C3)N4C)n2)n[nH]1. The van der Waals surface area contributed by atoms with Gasteiger partial charge in [-0.3, -0.25) is 10.1 Å². The van der Waals surface area contributed by atoms with Crippen LogP contribution in [0.3, 0.4) is 0 Å². The highest BCUT2D eigenvalue weighted by atomic mass is 15.2. The number of hydrogen-bond donors (Lipinski definition) is 3. The molecule has 5 rings (SSSR count). The lowest BCUT2D eigenvalue weighted by Crippen LogP contribution is -2.44. The summed E-state index contributed by atoms with van der Waals surface area (Å²) in [5, 5.41) is 15.3. The van der Waals surface area contributed by atoms with Crippen molar-refractivity contribution >= 4 is 28.4 Å². The van der Waals surface area contributed by atoms with Crippen molar-refractivity contribution in [1.29, 1.82) is 0 Å². The molecule has 2 aliphatic rings. The van der Waals surface area contributed by atoms with Crippen LogP contribution < -0.4 is 10.6 Å². The van der Waals surface area contributed by atoms with Gasteiger partial charge in [-0.1, -0.05) is 7.43 Å². The zero-order valence-corrected chi connectivity index (χ0v) is 15.7. The first-order valence-electron chi connectivity index (χ1n) is 9.69. The standard InChI is InChI=1S/C20H25N7.CH4/c1-12-8-19(26-25-12)23-18-11-17-16(4-3-7-21-17)20(24-18)22-13-9-14-5-6-15(10-13)27(14)2;/h3-4,7-8,11,13-15H,5-6,9-10H2,1-2H3,(H3,22,23,24,25,26);1H4/t13?,14-,15+;. The van der Waals surface area contributed by atoms with E-state index < -0.39 is 0 Å². The minimum atomic E-state index is 0. The first-order valence-corrected chi connectivity index (χ1v) is 9.69. The Balaban J connectivity index is 0.00000192. The number of rotatable bonds is 4. The van der Waals surface area contributed by atoms with Crippen LogP contribution >= 0.6 is 0 Å². The number of hydrogen-bond acceptors (Lipinski definition) is 6. The predicted molar refractivity (Wildman–Crippen MR) is 114 cm³/mol. The van der Waals surface area contributed by atoms with Gasteiger partial charge in [-0.05, 0) is 51.8 Å². The number of anilines is 3. The van der Waals surface area contributed by atoms with Crippen LogP contribution in [0.4, 0.5) is 17.5 Å². The predicted octanol–water partition coefficient (Wildman–Crippen LogP) is 4.08. The molecule has 5 heterocycles. The van der Waals surface area contributed by atoms with Gasteiger partial charge in [0, 0.05) is 47.5 Å². The minimum absolute atomic E-state index is 0. The van der Waals surface area contributed by atoms with E-state index in [0.29, 0.717) is 18.1 Å². The molecule has 3 N–H and O–H groups in total. The molecular formula is C21H29N7. The molecule has 1 unspecified atom stereocenters. The molecule has 7 heteroatoms. The summed E-state index contributed by atoms with van der Waals surface area (Å²) in [6, 6.07) is 9.84. The second-order valence-corrected chi connectivity index (χ2v) is 7.85. The zero-order valence-electron chi connectivity index (χ0n) is 15.7. The summed E-state index contributed by atoms with van der Waals surface area (Å²) in [6.07, 6.45) is 6.80. The molecule has 0 amide bonds. The topological polar surface area (TPSA) is 81.8 Å². The Morgan fingerprint density at radius 2 is 1.93 bits per heavy atom. The van der Waals surface area contributed by atoms with Crippen LogP contribution in [0.15, 0.2) is 30.5 Å². The van der Waals surface area contributed by atoms with Gasteiger partial charge >= 0.3 is 0 Å². The van der Waals surface area contributed by atoms with Crippen molar-refractivity contribution < 1.29 is 0 Å². The number of nitrogens with one attached hydrogen (secondary N) is 3. The number of aromatic amines is 1. The summed E-state index contributed by atoms with van der Waals surface area (Å²) in [6.45, 7) is 1.98. The third-order valence-electron chi connectivity index (χ3n) is 6.00. The maximum Gasteiger partial charge on any atom is 0.153 e. The molecule has 3 aromatic rings. The third kappa shape index (κ3) is 3.42. The van der Waals surface area contributed by atoms with Crippen LogP contribution in [0.25, 0.3) is 10.9 Å². The lowest BCUT2D eigenvalue weighted by Gasteiger charge is -2.37. The molecule has 28 heavy (non-hydrogen) atoms. The molecule has 2 bridgehead atoms. The van der Waals surface area contributed by atoms with Crippen molar-refractivity contribution in [3.63, 3.8) is 0 Å². The molecule has 2 fully saturated rings. The van der Waals surface area contributed by atoms with Crippen molar-refractivity contribution in [1.82, 2.24) is 25.1 Å². The Bertz CT molecular complexity index is 952. The van der Waals surface area contributed by atoms with E-state index in [-0.39, 0.29) is 7.43 Å². The van der Waals surface area contributed by atoms with Crippen LogP contribution in [-0.2, 0) is 0 Å². The van der Waals surface area contributed by atoms with Gasteiger partial charge in [-0.2, -0.15) is 5.10 Å². The number of aryl methyl sites for hydroxylation is 1. The molecule has 3 atom stereocenters. The van der Waals surface area contributed by atoms with Gasteiger partial charge in [-0.25, -0.2) is 4.98 Å². The minimum Gasteiger partial charge on any atom is -0.367 e. The molecule has 0 saturated carbocycles. The Kier molecular flexibility index (Phi) is 4.93. The number of H-pyrrole nitrogens is 1. The maximum atomic E-state index is 4.86. The Labute approximate surface area is 166 Å². The van der Waals surface area contributed by atoms with Crippen molar-refractivity contribution in [3.05, 3.63) is 36.2 Å². The average molecular weight is 380 g/mol. The Morgan fingerprint density at radius 1 is 1.14 bits per heavy atom. The number of nitrogens with zero attached hydrogens (tertiary/aromatic N) is 4. The summed E-state index contributed by atoms with van der Waals surface area (Å²) >= 11 is 0. The highest BCUT2D eigenvalue weighted by molar-refractivity contribution is 5.91. The van der Waals surface area contributed by atoms with E-state index in [1.165, 1.54) is 25.7 Å². The molecule has 148 valence electrons. The summed E-state index contributed by atoms with van der Waals surface area (Å²) in [7, 11) is 2.27. The van der Waals surface area contributed by atoms with Gasteiger partial charge in [0.1, 0.15) is 11.6 Å². The molecule has 7 nitrogen and oxygen atoms in total. The molecule has 0 aliphatic carbocycles. The van der Waals surface area contributed by atoms with Gasteiger partial charge < -0.3 is 15.5 Å². The van der Waals surface area contributed by atoms with Crippen LogP contribution in [0, 0.1) is 6.92 Å². The fraction of sp³-hybridized carbons (Fsp3) is 0.476. The molecule has 0 radical (unpaired) electrons. The molecular weight excluding hydrogens is 350 g/mol. The highest BCUT2D eigenvalue weighted by Crippen LogP contribution is 2.36. The van der Waals surface area contributed by atoms with E-state index in [0.717, 1.165) is 34.1 Å². The fourth-order valence-corrected chi connectivity index (χ4v) is 4.59. The number of aromatic nitrogens is 4. The van der Waals surface area contributed by atoms with Crippen LogP contribution in [0.5, 0.6) is 0 Å². The first kappa shape index (κ1) is 18.7. The van der Waals surface area contributed by atoms with E-state index in [2.05, 4.69) is 43.8 Å². The normalized spacial score (nSPS) is 24.1. The summed E-state index contributed by atoms with van der Waals surface area (Å²) in [5.74, 6) is 2.42. The number of fused-ring (bicyclic) bond motifs is 3. The lowest BCUT2D eigenvalue weighted by atomic mass is 9.98. The molecule has 0 aromatic carbocycles. The van der Waals surface area contributed by atoms with Crippen LogP contribution in [-0.4, -0.2) is 50.2 Å². The van der Waals surface area contributed by atoms with E-state index in [1.807, 2.05) is 31.3 Å². The summed E-state index contributed by atoms with van der Waals surface area (Å²) in [4.78, 5) is 12.0. The smallest absolute Gasteiger partial charge is 0.153 e. The lowest BCUT2D eigenvalue weighted by molar-refractivity contribution is 0.169. The van der Waals surface area contributed by atoms with E-state index in [9.17, 15) is 0 Å². The van der Waals surface area contributed by atoms with E-state index in [4.69, 9.17) is 4.98 Å². The number of piperidine rings is 1. The average Bonchev–Trinajstić information content (AvgIpc) is 3.13. The van der Waals surface area contributed by atoms with E-state index in [1.54, 1.807) is 0 Å². The van der Waals surface area contributed by atoms with Crippen LogP contribution in [0.2, 0.25) is 0 Å². The van der Waals surface area contributed by atoms with Crippen molar-refractivity contribution in [3.8, 4) is 0 Å². The summed E-state index contributed by atoms with van der Waals surface area (Å²) < 4.78 is 0. The van der Waals surface area contributed by atoms with Crippen molar-refractivity contribution in [2.24, 2.45) is 0 Å². The summed E-state index contributed by atoms with van der Waals surface area (Å²) in [5.41, 5.74) is 1.94.